The zero-order valence-electron chi connectivity index (χ0n) is 15.3. The Morgan fingerprint density at radius 2 is 1.79 bits per heavy atom. The van der Waals surface area contributed by atoms with Crippen molar-refractivity contribution in [1.29, 1.82) is 0 Å². The molecule has 0 aliphatic carbocycles. The van der Waals surface area contributed by atoms with E-state index in [9.17, 15) is 4.79 Å². The van der Waals surface area contributed by atoms with Crippen LogP contribution in [0.4, 0.5) is 0 Å². The van der Waals surface area contributed by atoms with Crippen molar-refractivity contribution in [3.8, 4) is 0 Å². The molecule has 8 nitrogen and oxygen atoms in total. The Bertz CT molecular complexity index is 371. The number of aliphatic imine (C=N–C) groups is 1. The van der Waals surface area contributed by atoms with Crippen LogP contribution in [0, 0.1) is 0 Å². The van der Waals surface area contributed by atoms with E-state index in [4.69, 9.17) is 9.47 Å². The van der Waals surface area contributed by atoms with Crippen LogP contribution >= 0.6 is 0 Å². The summed E-state index contributed by atoms with van der Waals surface area (Å²) in [6, 6.07) is 0. The van der Waals surface area contributed by atoms with Crippen LogP contribution in [-0.2, 0) is 14.3 Å². The third-order valence-electron chi connectivity index (χ3n) is 3.95. The second kappa shape index (κ2) is 13.0. The van der Waals surface area contributed by atoms with Crippen molar-refractivity contribution < 1.29 is 14.3 Å². The highest BCUT2D eigenvalue weighted by Crippen LogP contribution is 2.00. The van der Waals surface area contributed by atoms with Crippen molar-refractivity contribution in [2.45, 2.75) is 13.3 Å². The van der Waals surface area contributed by atoms with Crippen LogP contribution < -0.4 is 10.6 Å². The molecule has 0 aromatic heterocycles. The maximum absolute atomic E-state index is 11.3. The van der Waals surface area contributed by atoms with Crippen molar-refractivity contribution in [2.75, 3.05) is 79.8 Å². The summed E-state index contributed by atoms with van der Waals surface area (Å²) in [5, 5.41) is 6.59. The number of piperazine rings is 1. The highest BCUT2D eigenvalue weighted by Gasteiger charge is 2.17. The minimum atomic E-state index is 0.170. The van der Waals surface area contributed by atoms with E-state index in [0.717, 1.165) is 58.2 Å². The molecule has 0 atom stereocenters. The zero-order chi connectivity index (χ0) is 17.6. The Labute approximate surface area is 145 Å². The first-order valence-electron chi connectivity index (χ1n) is 8.66. The summed E-state index contributed by atoms with van der Waals surface area (Å²) in [7, 11) is 3.44. The first-order valence-corrected chi connectivity index (χ1v) is 8.66. The van der Waals surface area contributed by atoms with E-state index in [1.54, 1.807) is 21.1 Å². The molecule has 1 aliphatic heterocycles. The molecular weight excluding hydrogens is 310 g/mol. The quantitative estimate of drug-likeness (QED) is 0.312. The second-order valence-electron chi connectivity index (χ2n) is 5.73. The monoisotopic (exact) mass is 343 g/mol. The number of methoxy groups -OCH3 is 1. The van der Waals surface area contributed by atoms with Gasteiger partial charge in [0.1, 0.15) is 0 Å². The number of nitrogens with one attached hydrogen (secondary N) is 2. The molecule has 24 heavy (non-hydrogen) atoms. The number of amides is 1. The van der Waals surface area contributed by atoms with Crippen LogP contribution in [0.3, 0.4) is 0 Å². The van der Waals surface area contributed by atoms with Crippen LogP contribution in [0.15, 0.2) is 4.99 Å². The molecule has 1 aliphatic rings. The van der Waals surface area contributed by atoms with Gasteiger partial charge in [-0.3, -0.25) is 14.7 Å². The summed E-state index contributed by atoms with van der Waals surface area (Å²) < 4.78 is 10.3. The fraction of sp³-hybridized carbons (Fsp3) is 0.875. The van der Waals surface area contributed by atoms with E-state index in [1.807, 2.05) is 4.90 Å². The third-order valence-corrected chi connectivity index (χ3v) is 3.95. The minimum Gasteiger partial charge on any atom is -0.382 e. The summed E-state index contributed by atoms with van der Waals surface area (Å²) in [4.78, 5) is 19.8. The Hall–Kier alpha value is -1.38. The van der Waals surface area contributed by atoms with Gasteiger partial charge in [0.25, 0.3) is 0 Å². The number of guanidine groups is 1. The number of hydrogen-bond donors (Lipinski definition) is 2. The van der Waals surface area contributed by atoms with Gasteiger partial charge in [-0.05, 0) is 6.42 Å². The lowest BCUT2D eigenvalue weighted by Crippen LogP contribution is -2.50. The predicted octanol–water partition coefficient (Wildman–Crippen LogP) is -0.631. The van der Waals surface area contributed by atoms with Crippen molar-refractivity contribution in [1.82, 2.24) is 20.4 Å². The highest BCUT2D eigenvalue weighted by molar-refractivity contribution is 5.79. The fourth-order valence-corrected chi connectivity index (χ4v) is 2.46. The molecule has 0 saturated carbocycles. The standard InChI is InChI=1S/C16H33N5O3/c1-15(22)21-10-8-20(9-11-21)7-6-19-16(17-2)18-5-4-12-24-14-13-23-3/h4-14H2,1-3H3,(H2,17,18,19). The van der Waals surface area contributed by atoms with Crippen molar-refractivity contribution in [3.63, 3.8) is 0 Å². The normalized spacial score (nSPS) is 16.3. The van der Waals surface area contributed by atoms with Gasteiger partial charge in [-0.25, -0.2) is 0 Å². The van der Waals surface area contributed by atoms with E-state index in [0.29, 0.717) is 19.8 Å². The molecule has 1 rings (SSSR count). The Morgan fingerprint density at radius 3 is 2.42 bits per heavy atom. The lowest BCUT2D eigenvalue weighted by Gasteiger charge is -2.34. The molecule has 1 amide bonds. The number of carbonyl (C=O) groups is 1. The van der Waals surface area contributed by atoms with E-state index in [2.05, 4.69) is 20.5 Å². The van der Waals surface area contributed by atoms with Gasteiger partial charge in [0, 0.05) is 73.5 Å². The average molecular weight is 343 g/mol. The molecule has 0 aromatic rings. The van der Waals surface area contributed by atoms with Crippen molar-refractivity contribution >= 4 is 11.9 Å². The maximum atomic E-state index is 11.3. The first kappa shape index (κ1) is 20.7. The SMILES string of the molecule is CN=C(NCCCOCCOC)NCCN1CCN(C(C)=O)CC1. The van der Waals surface area contributed by atoms with E-state index in [-0.39, 0.29) is 5.91 Å². The number of carbonyl (C=O) groups excluding carboxylic acids is 1. The van der Waals surface area contributed by atoms with Gasteiger partial charge < -0.3 is 25.0 Å². The summed E-state index contributed by atoms with van der Waals surface area (Å²) >= 11 is 0. The van der Waals surface area contributed by atoms with Gasteiger partial charge in [-0.2, -0.15) is 0 Å². The van der Waals surface area contributed by atoms with Gasteiger partial charge in [-0.15, -0.1) is 0 Å². The molecule has 0 radical (unpaired) electrons. The molecule has 2 N–H and O–H groups in total. The van der Waals surface area contributed by atoms with Crippen LogP contribution in [0.1, 0.15) is 13.3 Å². The van der Waals surface area contributed by atoms with Crippen molar-refractivity contribution in [3.05, 3.63) is 0 Å². The molecular formula is C16H33N5O3. The molecule has 0 unspecified atom stereocenters. The number of nitrogens with zero attached hydrogens (tertiary/aromatic N) is 3. The highest BCUT2D eigenvalue weighted by atomic mass is 16.5. The number of hydrogen-bond acceptors (Lipinski definition) is 5. The molecule has 0 bridgehead atoms. The van der Waals surface area contributed by atoms with Crippen molar-refractivity contribution in [2.24, 2.45) is 4.99 Å². The van der Waals surface area contributed by atoms with Crippen LogP contribution in [0.2, 0.25) is 0 Å². The van der Waals surface area contributed by atoms with Crippen LogP contribution in [0.25, 0.3) is 0 Å². The topological polar surface area (TPSA) is 78.4 Å². The summed E-state index contributed by atoms with van der Waals surface area (Å²) in [5.41, 5.74) is 0. The maximum Gasteiger partial charge on any atom is 0.219 e. The van der Waals surface area contributed by atoms with Gasteiger partial charge in [0.05, 0.1) is 13.2 Å². The molecule has 0 aromatic carbocycles. The molecule has 0 spiro atoms. The summed E-state index contributed by atoms with van der Waals surface area (Å²) in [6.45, 7) is 9.76. The molecule has 1 heterocycles. The number of rotatable bonds is 10. The van der Waals surface area contributed by atoms with Gasteiger partial charge in [-0.1, -0.05) is 0 Å². The predicted molar refractivity (Wildman–Crippen MR) is 95.4 cm³/mol. The number of ether oxygens (including phenoxy) is 2. The van der Waals surface area contributed by atoms with Crippen LogP contribution in [0.5, 0.6) is 0 Å². The Balaban J connectivity index is 2.03. The summed E-state index contributed by atoms with van der Waals surface area (Å²) in [6.07, 6.45) is 0.928. The van der Waals surface area contributed by atoms with Gasteiger partial charge >= 0.3 is 0 Å². The minimum absolute atomic E-state index is 0.170. The zero-order valence-corrected chi connectivity index (χ0v) is 15.3. The molecule has 1 saturated heterocycles. The molecule has 140 valence electrons. The first-order chi connectivity index (χ1) is 11.7. The van der Waals surface area contributed by atoms with E-state index < -0.39 is 0 Å². The molecule has 8 heteroatoms. The third kappa shape index (κ3) is 9.05. The lowest BCUT2D eigenvalue weighted by molar-refractivity contribution is -0.130. The van der Waals surface area contributed by atoms with Crippen LogP contribution in [-0.4, -0.2) is 101 Å². The second-order valence-corrected chi connectivity index (χ2v) is 5.73. The largest absolute Gasteiger partial charge is 0.382 e. The Kier molecular flexibility index (Phi) is 11.2. The van der Waals surface area contributed by atoms with E-state index in [1.165, 1.54) is 0 Å². The van der Waals surface area contributed by atoms with E-state index >= 15 is 0 Å². The van der Waals surface area contributed by atoms with Gasteiger partial charge in [0.15, 0.2) is 5.96 Å². The summed E-state index contributed by atoms with van der Waals surface area (Å²) in [5.74, 6) is 0.984. The average Bonchev–Trinajstić information content (AvgIpc) is 2.59. The fourth-order valence-electron chi connectivity index (χ4n) is 2.46. The lowest BCUT2D eigenvalue weighted by atomic mass is 10.3. The Morgan fingerprint density at radius 1 is 1.08 bits per heavy atom. The molecule has 1 fully saturated rings. The smallest absolute Gasteiger partial charge is 0.219 e. The van der Waals surface area contributed by atoms with Gasteiger partial charge in [0.2, 0.25) is 5.91 Å².